The minimum Gasteiger partial charge on any atom is -0.378 e. The van der Waals surface area contributed by atoms with E-state index in [2.05, 4.69) is 37.8 Å². The van der Waals surface area contributed by atoms with Crippen molar-refractivity contribution < 1.29 is 4.74 Å². The maximum atomic E-state index is 5.66. The summed E-state index contributed by atoms with van der Waals surface area (Å²) < 4.78 is 5.66. The molecular formula is C13H25NOS. The molecule has 94 valence electrons. The number of ether oxygens (including phenoxy) is 1. The monoisotopic (exact) mass is 243 g/mol. The van der Waals surface area contributed by atoms with Gasteiger partial charge in [0.05, 0.1) is 5.60 Å². The fourth-order valence-corrected chi connectivity index (χ4v) is 4.00. The second kappa shape index (κ2) is 4.51. The number of nitrogens with one attached hydrogen (secondary N) is 1. The third-order valence-electron chi connectivity index (χ3n) is 4.88. The first-order chi connectivity index (χ1) is 7.49. The molecule has 0 aromatic heterocycles. The fourth-order valence-electron chi connectivity index (χ4n) is 2.92. The molecule has 2 fully saturated rings. The van der Waals surface area contributed by atoms with Gasteiger partial charge in [0.1, 0.15) is 0 Å². The number of hydrogen-bond donors (Lipinski definition) is 1. The lowest BCUT2D eigenvalue weighted by Crippen LogP contribution is -2.69. The van der Waals surface area contributed by atoms with Crippen LogP contribution in [0.1, 0.15) is 40.0 Å². The van der Waals surface area contributed by atoms with Crippen molar-refractivity contribution >= 4 is 11.8 Å². The number of hydrogen-bond acceptors (Lipinski definition) is 3. The van der Waals surface area contributed by atoms with Gasteiger partial charge < -0.3 is 10.1 Å². The van der Waals surface area contributed by atoms with Crippen LogP contribution in [0.5, 0.6) is 0 Å². The Bertz CT molecular complexity index is 250. The van der Waals surface area contributed by atoms with E-state index in [9.17, 15) is 0 Å². The molecule has 2 aliphatic rings. The van der Waals surface area contributed by atoms with Crippen molar-refractivity contribution in [2.75, 3.05) is 18.6 Å². The van der Waals surface area contributed by atoms with E-state index in [0.29, 0.717) is 6.04 Å². The van der Waals surface area contributed by atoms with E-state index >= 15 is 0 Å². The van der Waals surface area contributed by atoms with Gasteiger partial charge in [-0.05, 0) is 31.9 Å². The summed E-state index contributed by atoms with van der Waals surface area (Å²) in [4.78, 5) is 0. The van der Waals surface area contributed by atoms with Gasteiger partial charge in [0.25, 0.3) is 0 Å². The first-order valence-electron chi connectivity index (χ1n) is 6.38. The molecule has 1 saturated heterocycles. The highest BCUT2D eigenvalue weighted by Crippen LogP contribution is 2.51. The molecule has 0 amide bonds. The van der Waals surface area contributed by atoms with Gasteiger partial charge in [-0.1, -0.05) is 13.8 Å². The maximum absolute atomic E-state index is 5.66. The molecule has 0 radical (unpaired) electrons. The second-order valence-corrected chi connectivity index (χ2v) is 7.14. The Morgan fingerprint density at radius 3 is 2.56 bits per heavy atom. The Kier molecular flexibility index (Phi) is 3.58. The average Bonchev–Trinajstić information content (AvgIpc) is 2.29. The third kappa shape index (κ3) is 2.02. The molecule has 1 aliphatic heterocycles. The zero-order valence-corrected chi connectivity index (χ0v) is 11.8. The van der Waals surface area contributed by atoms with E-state index < -0.39 is 0 Å². The number of thioether (sulfide) groups is 1. The molecule has 0 aromatic carbocycles. The molecule has 3 atom stereocenters. The zero-order valence-electron chi connectivity index (χ0n) is 11.0. The Morgan fingerprint density at radius 2 is 2.06 bits per heavy atom. The van der Waals surface area contributed by atoms with Crippen molar-refractivity contribution in [3.05, 3.63) is 0 Å². The Labute approximate surface area is 104 Å². The summed E-state index contributed by atoms with van der Waals surface area (Å²) >= 11 is 2.09. The highest BCUT2D eigenvalue weighted by molar-refractivity contribution is 7.99. The second-order valence-electron chi connectivity index (χ2n) is 5.99. The van der Waals surface area contributed by atoms with E-state index in [4.69, 9.17) is 4.74 Å². The highest BCUT2D eigenvalue weighted by atomic mass is 32.2. The average molecular weight is 243 g/mol. The van der Waals surface area contributed by atoms with E-state index in [1.807, 2.05) is 7.11 Å². The molecule has 0 aromatic rings. The van der Waals surface area contributed by atoms with Gasteiger partial charge in [0.2, 0.25) is 0 Å². The lowest BCUT2D eigenvalue weighted by molar-refractivity contribution is -0.182. The van der Waals surface area contributed by atoms with Gasteiger partial charge in [0.15, 0.2) is 0 Å². The molecule has 1 heterocycles. The van der Waals surface area contributed by atoms with Crippen molar-refractivity contribution in [3.63, 3.8) is 0 Å². The molecule has 1 aliphatic carbocycles. The van der Waals surface area contributed by atoms with E-state index in [-0.39, 0.29) is 11.0 Å². The summed E-state index contributed by atoms with van der Waals surface area (Å²) in [5.74, 6) is 2.64. The minimum atomic E-state index is 0.0620. The molecule has 1 N–H and O–H groups in total. The van der Waals surface area contributed by atoms with Crippen molar-refractivity contribution in [2.24, 2.45) is 5.41 Å². The minimum absolute atomic E-state index is 0.0620. The summed E-state index contributed by atoms with van der Waals surface area (Å²) in [6.45, 7) is 6.89. The van der Waals surface area contributed by atoms with Crippen LogP contribution in [0.15, 0.2) is 0 Å². The first-order valence-corrected chi connectivity index (χ1v) is 7.54. The summed E-state index contributed by atoms with van der Waals surface area (Å²) in [5.41, 5.74) is 0.316. The van der Waals surface area contributed by atoms with Crippen molar-refractivity contribution in [3.8, 4) is 0 Å². The summed E-state index contributed by atoms with van der Waals surface area (Å²) in [6, 6.07) is 1.35. The summed E-state index contributed by atoms with van der Waals surface area (Å²) in [7, 11) is 1.84. The smallest absolute Gasteiger partial charge is 0.0731 e. The van der Waals surface area contributed by atoms with Gasteiger partial charge >= 0.3 is 0 Å². The molecule has 2 rings (SSSR count). The maximum Gasteiger partial charge on any atom is 0.0731 e. The van der Waals surface area contributed by atoms with Crippen molar-refractivity contribution in [1.82, 2.24) is 5.32 Å². The normalized spacial score (nSPS) is 42.8. The molecule has 0 spiro atoms. The van der Waals surface area contributed by atoms with Crippen LogP contribution in [-0.2, 0) is 4.74 Å². The van der Waals surface area contributed by atoms with Crippen LogP contribution in [0.2, 0.25) is 0 Å². The van der Waals surface area contributed by atoms with Gasteiger partial charge in [0, 0.05) is 30.4 Å². The Balaban J connectivity index is 1.88. The van der Waals surface area contributed by atoms with Crippen LogP contribution in [-0.4, -0.2) is 36.3 Å². The van der Waals surface area contributed by atoms with E-state index in [1.54, 1.807) is 0 Å². The van der Waals surface area contributed by atoms with Crippen molar-refractivity contribution in [2.45, 2.75) is 57.7 Å². The SMILES string of the molecule is COC1(C)CC(NC2CCCSC2)C1(C)C. The highest BCUT2D eigenvalue weighted by Gasteiger charge is 2.57. The Hall–Kier alpha value is 0.270. The van der Waals surface area contributed by atoms with Crippen molar-refractivity contribution in [1.29, 1.82) is 0 Å². The standard InChI is InChI=1S/C13H25NOS/c1-12(2)11(8-13(12,3)15-4)14-10-6-5-7-16-9-10/h10-11,14H,5-9H2,1-4H3. The van der Waals surface area contributed by atoms with E-state index in [0.717, 1.165) is 12.5 Å². The quantitative estimate of drug-likeness (QED) is 0.823. The molecule has 1 saturated carbocycles. The van der Waals surface area contributed by atoms with Gasteiger partial charge in [-0.2, -0.15) is 11.8 Å². The summed E-state index contributed by atoms with van der Waals surface area (Å²) in [6.07, 6.45) is 3.87. The topological polar surface area (TPSA) is 21.3 Å². The fraction of sp³-hybridized carbons (Fsp3) is 1.00. The number of methoxy groups -OCH3 is 1. The molecular weight excluding hydrogens is 218 g/mol. The molecule has 16 heavy (non-hydrogen) atoms. The lowest BCUT2D eigenvalue weighted by Gasteiger charge is -2.60. The molecule has 0 bridgehead atoms. The van der Waals surface area contributed by atoms with Gasteiger partial charge in [-0.15, -0.1) is 0 Å². The van der Waals surface area contributed by atoms with Gasteiger partial charge in [-0.3, -0.25) is 0 Å². The first kappa shape index (κ1) is 12.7. The summed E-state index contributed by atoms with van der Waals surface area (Å²) in [5, 5.41) is 3.83. The predicted molar refractivity (Wildman–Crippen MR) is 71.1 cm³/mol. The van der Waals surface area contributed by atoms with Crippen LogP contribution >= 0.6 is 11.8 Å². The Morgan fingerprint density at radius 1 is 1.31 bits per heavy atom. The molecule has 2 nitrogen and oxygen atoms in total. The van der Waals surface area contributed by atoms with Crippen LogP contribution in [0, 0.1) is 5.41 Å². The van der Waals surface area contributed by atoms with Crippen LogP contribution in [0.4, 0.5) is 0 Å². The van der Waals surface area contributed by atoms with Gasteiger partial charge in [-0.25, -0.2) is 0 Å². The van der Waals surface area contributed by atoms with Crippen LogP contribution < -0.4 is 5.32 Å². The number of rotatable bonds is 3. The lowest BCUT2D eigenvalue weighted by atomic mass is 9.55. The third-order valence-corrected chi connectivity index (χ3v) is 6.09. The van der Waals surface area contributed by atoms with E-state index in [1.165, 1.54) is 24.3 Å². The largest absolute Gasteiger partial charge is 0.378 e. The molecule has 3 heteroatoms. The zero-order chi connectivity index (χ0) is 11.8. The van der Waals surface area contributed by atoms with Crippen LogP contribution in [0.25, 0.3) is 0 Å². The van der Waals surface area contributed by atoms with Crippen LogP contribution in [0.3, 0.4) is 0 Å². The predicted octanol–water partition coefficient (Wildman–Crippen LogP) is 2.68. The molecule has 3 unspecified atom stereocenters.